The molecule has 0 spiro atoms. The maximum atomic E-state index is 13.0. The van der Waals surface area contributed by atoms with Crippen molar-refractivity contribution in [2.24, 2.45) is 0 Å². The fourth-order valence-corrected chi connectivity index (χ4v) is 1.45. The highest BCUT2D eigenvalue weighted by Crippen LogP contribution is 2.16. The molecular weight excluding hydrogens is 283 g/mol. The first kappa shape index (κ1) is 16.9. The number of amides is 2. The van der Waals surface area contributed by atoms with E-state index in [2.05, 4.69) is 10.6 Å². The predicted octanol–water partition coefficient (Wildman–Crippen LogP) is 1.31. The van der Waals surface area contributed by atoms with E-state index in [0.717, 1.165) is 12.1 Å². The average Bonchev–Trinajstić information content (AvgIpc) is 2.44. The molecule has 0 atom stereocenters. The Bertz CT molecular complexity index is 495. The van der Waals surface area contributed by atoms with Crippen LogP contribution in [0.1, 0.15) is 10.4 Å². The number of carboxylic acids is 1. The highest BCUT2D eigenvalue weighted by molar-refractivity contribution is 5.99. The molecular formula is C13H17FN2O5. The minimum absolute atomic E-state index is 0.0155. The van der Waals surface area contributed by atoms with Crippen LogP contribution in [0.3, 0.4) is 0 Å². The van der Waals surface area contributed by atoms with Gasteiger partial charge in [-0.3, -0.25) is 0 Å². The second-order valence-electron chi connectivity index (χ2n) is 3.98. The highest BCUT2D eigenvalue weighted by atomic mass is 19.1. The standard InChI is InChI=1S/C13H17FN2O5/c1-20-6-7-21-5-4-15-13(19)16-11-3-2-9(14)8-10(11)12(17)18/h2-3,8H,4-7H2,1H3,(H,17,18)(H2,15,16,19). The van der Waals surface area contributed by atoms with Crippen molar-refractivity contribution < 1.29 is 28.6 Å². The van der Waals surface area contributed by atoms with Gasteiger partial charge in [0.15, 0.2) is 0 Å². The monoisotopic (exact) mass is 300 g/mol. The first-order valence-electron chi connectivity index (χ1n) is 6.19. The average molecular weight is 300 g/mol. The summed E-state index contributed by atoms with van der Waals surface area (Å²) in [6.45, 7) is 1.43. The Morgan fingerprint density at radius 1 is 1.29 bits per heavy atom. The first-order valence-corrected chi connectivity index (χ1v) is 6.19. The molecule has 0 radical (unpaired) electrons. The van der Waals surface area contributed by atoms with Crippen LogP contribution < -0.4 is 10.6 Å². The number of halogens is 1. The van der Waals surface area contributed by atoms with E-state index in [1.165, 1.54) is 6.07 Å². The van der Waals surface area contributed by atoms with E-state index in [0.29, 0.717) is 19.8 Å². The van der Waals surface area contributed by atoms with E-state index in [9.17, 15) is 14.0 Å². The van der Waals surface area contributed by atoms with Crippen LogP contribution in [0.15, 0.2) is 18.2 Å². The second-order valence-corrected chi connectivity index (χ2v) is 3.98. The molecule has 21 heavy (non-hydrogen) atoms. The van der Waals surface area contributed by atoms with Gasteiger partial charge in [-0.2, -0.15) is 0 Å². The van der Waals surface area contributed by atoms with Gasteiger partial charge in [-0.05, 0) is 18.2 Å². The summed E-state index contributed by atoms with van der Waals surface area (Å²) in [6, 6.07) is 2.49. The van der Waals surface area contributed by atoms with Crippen LogP contribution in [-0.4, -0.2) is 50.6 Å². The zero-order valence-electron chi connectivity index (χ0n) is 11.5. The van der Waals surface area contributed by atoms with Crippen molar-refractivity contribution in [3.63, 3.8) is 0 Å². The third-order valence-corrected chi connectivity index (χ3v) is 2.42. The third kappa shape index (κ3) is 6.19. The molecule has 1 rings (SSSR count). The Morgan fingerprint density at radius 2 is 2.05 bits per heavy atom. The molecule has 0 unspecified atom stereocenters. The molecule has 0 fully saturated rings. The molecule has 0 aliphatic heterocycles. The van der Waals surface area contributed by atoms with Crippen molar-refractivity contribution in [2.75, 3.05) is 38.8 Å². The summed E-state index contributed by atoms with van der Waals surface area (Å²) in [7, 11) is 1.55. The van der Waals surface area contributed by atoms with Crippen molar-refractivity contribution in [1.29, 1.82) is 0 Å². The largest absolute Gasteiger partial charge is 0.478 e. The molecule has 2 amide bonds. The molecule has 116 valence electrons. The van der Waals surface area contributed by atoms with Gasteiger partial charge in [0, 0.05) is 13.7 Å². The Labute approximate surface area is 121 Å². The normalized spacial score (nSPS) is 10.2. The Kier molecular flexibility index (Phi) is 7.13. The molecule has 0 heterocycles. The zero-order chi connectivity index (χ0) is 15.7. The molecule has 0 aliphatic carbocycles. The van der Waals surface area contributed by atoms with Crippen LogP contribution in [0.25, 0.3) is 0 Å². The first-order chi connectivity index (χ1) is 10.0. The summed E-state index contributed by atoms with van der Waals surface area (Å²) in [4.78, 5) is 22.5. The molecule has 3 N–H and O–H groups in total. The van der Waals surface area contributed by atoms with Gasteiger partial charge < -0.3 is 25.2 Å². The van der Waals surface area contributed by atoms with Crippen molar-refractivity contribution >= 4 is 17.7 Å². The summed E-state index contributed by atoms with van der Waals surface area (Å²) >= 11 is 0. The van der Waals surface area contributed by atoms with Crippen LogP contribution in [0.2, 0.25) is 0 Å². The van der Waals surface area contributed by atoms with Gasteiger partial charge in [0.05, 0.1) is 31.1 Å². The van der Waals surface area contributed by atoms with Crippen LogP contribution >= 0.6 is 0 Å². The van der Waals surface area contributed by atoms with Crippen LogP contribution in [0, 0.1) is 5.82 Å². The zero-order valence-corrected chi connectivity index (χ0v) is 11.5. The quantitative estimate of drug-likeness (QED) is 0.629. The number of carboxylic acid groups (broad SMARTS) is 1. The summed E-state index contributed by atoms with van der Waals surface area (Å²) < 4.78 is 22.9. The number of anilines is 1. The minimum atomic E-state index is -1.33. The SMILES string of the molecule is COCCOCCNC(=O)Nc1ccc(F)cc1C(=O)O. The van der Waals surface area contributed by atoms with E-state index >= 15 is 0 Å². The molecule has 0 saturated carbocycles. The molecule has 0 saturated heterocycles. The van der Waals surface area contributed by atoms with Crippen molar-refractivity contribution in [1.82, 2.24) is 5.32 Å². The maximum absolute atomic E-state index is 13.0. The molecule has 0 aliphatic rings. The molecule has 0 aromatic heterocycles. The molecule has 1 aromatic rings. The highest BCUT2D eigenvalue weighted by Gasteiger charge is 2.13. The number of urea groups is 1. The van der Waals surface area contributed by atoms with Gasteiger partial charge in [0.25, 0.3) is 0 Å². The van der Waals surface area contributed by atoms with Gasteiger partial charge >= 0.3 is 12.0 Å². The Morgan fingerprint density at radius 3 is 2.71 bits per heavy atom. The number of ether oxygens (including phenoxy) is 2. The lowest BCUT2D eigenvalue weighted by Crippen LogP contribution is -2.32. The molecule has 1 aromatic carbocycles. The number of methoxy groups -OCH3 is 1. The summed E-state index contributed by atoms with van der Waals surface area (Å²) in [5, 5.41) is 13.8. The van der Waals surface area contributed by atoms with Crippen LogP contribution in [0.4, 0.5) is 14.9 Å². The smallest absolute Gasteiger partial charge is 0.337 e. The van der Waals surface area contributed by atoms with Crippen LogP contribution in [-0.2, 0) is 9.47 Å². The van der Waals surface area contributed by atoms with Crippen LogP contribution in [0.5, 0.6) is 0 Å². The third-order valence-electron chi connectivity index (χ3n) is 2.42. The maximum Gasteiger partial charge on any atom is 0.337 e. The molecule has 0 bridgehead atoms. The minimum Gasteiger partial charge on any atom is -0.478 e. The fraction of sp³-hybridized carbons (Fsp3) is 0.385. The van der Waals surface area contributed by atoms with Crippen molar-refractivity contribution in [2.45, 2.75) is 0 Å². The van der Waals surface area contributed by atoms with Gasteiger partial charge in [-0.15, -0.1) is 0 Å². The number of rotatable bonds is 8. The number of hydrogen-bond donors (Lipinski definition) is 3. The van der Waals surface area contributed by atoms with Gasteiger partial charge in [-0.1, -0.05) is 0 Å². The van der Waals surface area contributed by atoms with Gasteiger partial charge in [0.2, 0.25) is 0 Å². The van der Waals surface area contributed by atoms with Gasteiger partial charge in [0.1, 0.15) is 5.82 Å². The predicted molar refractivity (Wildman–Crippen MR) is 73.1 cm³/mol. The number of aromatic carboxylic acids is 1. The number of hydrogen-bond acceptors (Lipinski definition) is 4. The van der Waals surface area contributed by atoms with Crippen molar-refractivity contribution in [3.05, 3.63) is 29.6 Å². The summed E-state index contributed by atoms with van der Waals surface area (Å²) in [5.41, 5.74) is -0.303. The Hall–Kier alpha value is -2.19. The van der Waals surface area contributed by atoms with Crippen molar-refractivity contribution in [3.8, 4) is 0 Å². The van der Waals surface area contributed by atoms with E-state index in [4.69, 9.17) is 14.6 Å². The lowest BCUT2D eigenvalue weighted by atomic mass is 10.2. The summed E-state index contributed by atoms with van der Waals surface area (Å²) in [5.74, 6) is -2.02. The second kappa shape index (κ2) is 8.88. The fourth-order valence-electron chi connectivity index (χ4n) is 1.45. The topological polar surface area (TPSA) is 96.9 Å². The number of benzene rings is 1. The Balaban J connectivity index is 2.43. The lowest BCUT2D eigenvalue weighted by Gasteiger charge is -2.10. The van der Waals surface area contributed by atoms with E-state index in [-0.39, 0.29) is 17.8 Å². The van der Waals surface area contributed by atoms with Gasteiger partial charge in [-0.25, -0.2) is 14.0 Å². The van der Waals surface area contributed by atoms with E-state index < -0.39 is 17.8 Å². The molecule has 8 heteroatoms. The number of carbonyl (C=O) groups is 2. The number of nitrogens with one attached hydrogen (secondary N) is 2. The number of carbonyl (C=O) groups excluding carboxylic acids is 1. The lowest BCUT2D eigenvalue weighted by molar-refractivity contribution is 0.0697. The van der Waals surface area contributed by atoms with E-state index in [1.807, 2.05) is 0 Å². The van der Waals surface area contributed by atoms with E-state index in [1.54, 1.807) is 7.11 Å². The summed E-state index contributed by atoms with van der Waals surface area (Å²) in [6.07, 6.45) is 0. The molecule has 7 nitrogen and oxygen atoms in total.